The van der Waals surface area contributed by atoms with Crippen LogP contribution in [-0.2, 0) is 4.79 Å². The van der Waals surface area contributed by atoms with Crippen molar-refractivity contribution in [3.63, 3.8) is 0 Å². The summed E-state index contributed by atoms with van der Waals surface area (Å²) < 4.78 is 1.81. The van der Waals surface area contributed by atoms with Crippen molar-refractivity contribution in [1.82, 2.24) is 9.38 Å². The Morgan fingerprint density at radius 1 is 1.04 bits per heavy atom. The number of hydrogen-bond donors (Lipinski definition) is 2. The zero-order valence-corrected chi connectivity index (χ0v) is 14.4. The zero-order chi connectivity index (χ0) is 18.0. The van der Waals surface area contributed by atoms with E-state index >= 15 is 0 Å². The molecule has 2 amide bonds. The summed E-state index contributed by atoms with van der Waals surface area (Å²) in [6.45, 7) is 5.65. The van der Waals surface area contributed by atoms with Crippen LogP contribution in [0.15, 0.2) is 48.8 Å². The summed E-state index contributed by atoms with van der Waals surface area (Å²) in [4.78, 5) is 28.4. The van der Waals surface area contributed by atoms with Gasteiger partial charge in [0.2, 0.25) is 5.91 Å². The van der Waals surface area contributed by atoms with Crippen LogP contribution in [0.5, 0.6) is 0 Å². The molecule has 3 aromatic rings. The average Bonchev–Trinajstić information content (AvgIpc) is 2.99. The van der Waals surface area contributed by atoms with Gasteiger partial charge in [-0.25, -0.2) is 4.98 Å². The summed E-state index contributed by atoms with van der Waals surface area (Å²) in [6, 6.07) is 10.9. The van der Waals surface area contributed by atoms with Crippen molar-refractivity contribution in [2.24, 2.45) is 5.92 Å². The number of hydrogen-bond acceptors (Lipinski definition) is 3. The first kappa shape index (κ1) is 16.7. The first-order chi connectivity index (χ1) is 11.9. The fourth-order valence-electron chi connectivity index (χ4n) is 2.31. The third-order valence-electron chi connectivity index (χ3n) is 3.78. The maximum Gasteiger partial charge on any atom is 0.275 e. The quantitative estimate of drug-likeness (QED) is 0.766. The van der Waals surface area contributed by atoms with Crippen molar-refractivity contribution < 1.29 is 9.59 Å². The van der Waals surface area contributed by atoms with Crippen LogP contribution in [0.2, 0.25) is 0 Å². The number of anilines is 2. The maximum absolute atomic E-state index is 12.4. The van der Waals surface area contributed by atoms with Crippen LogP contribution >= 0.6 is 0 Å². The Bertz CT molecular complexity index is 926. The zero-order valence-electron chi connectivity index (χ0n) is 14.4. The Kier molecular flexibility index (Phi) is 4.52. The fraction of sp³-hybridized carbons (Fsp3) is 0.211. The van der Waals surface area contributed by atoms with Crippen LogP contribution in [0, 0.1) is 12.8 Å². The molecule has 0 fully saturated rings. The molecule has 2 heterocycles. The van der Waals surface area contributed by atoms with Crippen molar-refractivity contribution in [3.05, 3.63) is 60.0 Å². The van der Waals surface area contributed by atoms with Crippen LogP contribution in [-0.4, -0.2) is 21.2 Å². The number of fused-ring (bicyclic) bond motifs is 1. The summed E-state index contributed by atoms with van der Waals surface area (Å²) in [5.74, 6) is -0.407. The number of aryl methyl sites for hydroxylation is 1. The Morgan fingerprint density at radius 3 is 2.32 bits per heavy atom. The lowest BCUT2D eigenvalue weighted by Gasteiger charge is -2.08. The Morgan fingerprint density at radius 2 is 1.68 bits per heavy atom. The van der Waals surface area contributed by atoms with Gasteiger partial charge in [0.25, 0.3) is 5.91 Å². The minimum absolute atomic E-state index is 0.0446. The van der Waals surface area contributed by atoms with Crippen LogP contribution in [0.25, 0.3) is 5.65 Å². The molecular formula is C19H20N4O2. The topological polar surface area (TPSA) is 75.5 Å². The standard InChI is InChI=1S/C19H20N4O2/c1-12(2)18(24)20-14-4-6-15(7-5-14)21-19(25)16-11-23-9-8-13(3)10-17(23)22-16/h4-12H,1-3H3,(H,20,24)(H,21,25). The number of pyridine rings is 1. The van der Waals surface area contributed by atoms with Crippen LogP contribution in [0.1, 0.15) is 29.9 Å². The molecular weight excluding hydrogens is 316 g/mol. The van der Waals surface area contributed by atoms with Crippen LogP contribution in [0.4, 0.5) is 11.4 Å². The van der Waals surface area contributed by atoms with Gasteiger partial charge in [0.05, 0.1) is 0 Å². The SMILES string of the molecule is Cc1ccn2cc(C(=O)Nc3ccc(NC(=O)C(C)C)cc3)nc2c1. The number of imidazole rings is 1. The smallest absolute Gasteiger partial charge is 0.275 e. The molecule has 128 valence electrons. The lowest BCUT2D eigenvalue weighted by Crippen LogP contribution is -2.17. The highest BCUT2D eigenvalue weighted by molar-refractivity contribution is 6.03. The van der Waals surface area contributed by atoms with Gasteiger partial charge in [0.1, 0.15) is 11.3 Å². The van der Waals surface area contributed by atoms with E-state index in [4.69, 9.17) is 0 Å². The van der Waals surface area contributed by atoms with E-state index in [9.17, 15) is 9.59 Å². The Balaban J connectivity index is 1.70. The molecule has 0 aliphatic heterocycles. The minimum atomic E-state index is -0.277. The molecule has 6 nitrogen and oxygen atoms in total. The van der Waals surface area contributed by atoms with Gasteiger partial charge in [0, 0.05) is 29.7 Å². The molecule has 1 aromatic carbocycles. The van der Waals surface area contributed by atoms with Gasteiger partial charge in [-0.15, -0.1) is 0 Å². The van der Waals surface area contributed by atoms with Crippen LogP contribution < -0.4 is 10.6 Å². The van der Waals surface area contributed by atoms with E-state index in [1.807, 2.05) is 43.5 Å². The Labute approximate surface area is 145 Å². The molecule has 0 radical (unpaired) electrons. The number of benzene rings is 1. The average molecular weight is 336 g/mol. The Hall–Kier alpha value is -3.15. The van der Waals surface area contributed by atoms with Gasteiger partial charge in [-0.3, -0.25) is 9.59 Å². The van der Waals surface area contributed by atoms with Crippen LogP contribution in [0.3, 0.4) is 0 Å². The number of carbonyl (C=O) groups is 2. The van der Waals surface area contributed by atoms with E-state index in [0.29, 0.717) is 17.1 Å². The van der Waals surface area contributed by atoms with Gasteiger partial charge in [-0.05, 0) is 48.9 Å². The van der Waals surface area contributed by atoms with Gasteiger partial charge in [-0.1, -0.05) is 13.8 Å². The lowest BCUT2D eigenvalue weighted by molar-refractivity contribution is -0.118. The molecule has 3 rings (SSSR count). The van der Waals surface area contributed by atoms with Crippen molar-refractivity contribution in [3.8, 4) is 0 Å². The summed E-state index contributed by atoms with van der Waals surface area (Å²) in [6.07, 6.45) is 3.57. The molecule has 0 atom stereocenters. The molecule has 2 N–H and O–H groups in total. The van der Waals surface area contributed by atoms with Gasteiger partial charge < -0.3 is 15.0 Å². The predicted molar refractivity (Wildman–Crippen MR) is 97.8 cm³/mol. The summed E-state index contributed by atoms with van der Waals surface area (Å²) in [7, 11) is 0. The first-order valence-corrected chi connectivity index (χ1v) is 8.10. The highest BCUT2D eigenvalue weighted by Gasteiger charge is 2.12. The fourth-order valence-corrected chi connectivity index (χ4v) is 2.31. The highest BCUT2D eigenvalue weighted by atomic mass is 16.2. The molecule has 0 bridgehead atoms. The molecule has 0 unspecified atom stereocenters. The number of amides is 2. The number of aromatic nitrogens is 2. The monoisotopic (exact) mass is 336 g/mol. The number of nitrogens with zero attached hydrogens (tertiary/aromatic N) is 2. The lowest BCUT2D eigenvalue weighted by atomic mass is 10.2. The summed E-state index contributed by atoms with van der Waals surface area (Å²) >= 11 is 0. The number of nitrogens with one attached hydrogen (secondary N) is 2. The van der Waals surface area contributed by atoms with Gasteiger partial charge in [-0.2, -0.15) is 0 Å². The minimum Gasteiger partial charge on any atom is -0.326 e. The second kappa shape index (κ2) is 6.76. The second-order valence-electron chi connectivity index (χ2n) is 6.27. The van der Waals surface area contributed by atoms with E-state index < -0.39 is 0 Å². The third kappa shape index (κ3) is 3.85. The molecule has 2 aromatic heterocycles. The first-order valence-electron chi connectivity index (χ1n) is 8.10. The van der Waals surface area contributed by atoms with Crippen molar-refractivity contribution in [1.29, 1.82) is 0 Å². The third-order valence-corrected chi connectivity index (χ3v) is 3.78. The molecule has 0 saturated heterocycles. The van der Waals surface area contributed by atoms with Crippen molar-refractivity contribution >= 4 is 28.8 Å². The van der Waals surface area contributed by atoms with E-state index in [1.54, 1.807) is 30.5 Å². The van der Waals surface area contributed by atoms with Crippen molar-refractivity contribution in [2.75, 3.05) is 10.6 Å². The molecule has 25 heavy (non-hydrogen) atoms. The van der Waals surface area contributed by atoms with E-state index in [2.05, 4.69) is 15.6 Å². The molecule has 0 aliphatic rings. The van der Waals surface area contributed by atoms with E-state index in [1.165, 1.54) is 0 Å². The molecule has 0 saturated carbocycles. The summed E-state index contributed by atoms with van der Waals surface area (Å²) in [5.41, 5.74) is 3.50. The normalized spacial score (nSPS) is 10.9. The molecule has 0 spiro atoms. The van der Waals surface area contributed by atoms with E-state index in [0.717, 1.165) is 11.2 Å². The van der Waals surface area contributed by atoms with Crippen molar-refractivity contribution in [2.45, 2.75) is 20.8 Å². The number of rotatable bonds is 4. The maximum atomic E-state index is 12.4. The number of carbonyl (C=O) groups excluding carboxylic acids is 2. The van der Waals surface area contributed by atoms with Gasteiger partial charge in [0.15, 0.2) is 0 Å². The predicted octanol–water partition coefficient (Wildman–Crippen LogP) is 3.49. The van der Waals surface area contributed by atoms with E-state index in [-0.39, 0.29) is 17.7 Å². The van der Waals surface area contributed by atoms with Gasteiger partial charge >= 0.3 is 0 Å². The second-order valence-corrected chi connectivity index (χ2v) is 6.27. The highest BCUT2D eigenvalue weighted by Crippen LogP contribution is 2.16. The largest absolute Gasteiger partial charge is 0.326 e. The summed E-state index contributed by atoms with van der Waals surface area (Å²) in [5, 5.41) is 5.62. The molecule has 0 aliphatic carbocycles. The molecule has 6 heteroatoms.